The van der Waals surface area contributed by atoms with E-state index in [-0.39, 0.29) is 12.5 Å². The number of carbonyl (C=O) groups is 1. The van der Waals surface area contributed by atoms with E-state index in [2.05, 4.69) is 129 Å². The van der Waals surface area contributed by atoms with Crippen LogP contribution < -0.4 is 5.32 Å². The van der Waals surface area contributed by atoms with Gasteiger partial charge < -0.3 is 15.5 Å². The normalized spacial score (nSPS) is 14.1. The standard InChI is InChI=1S/C54H89NO3/c1-3-5-7-9-11-12-13-14-15-16-17-18-19-20-21-22-23-24-25-26-27-28-29-30-31-32-33-34-35-36-37-38-39-40-41-42-44-46-48-50-54(58)55-52(51-56)53(57)49-47-45-43-10-8-6-4-2/h5,7,11-12,14-15,17-18,20-21,23-24,26-27,29-30,32-33,47,49,52-53,56-57H,3-4,6,8-10,13,16,19,22,25,28,31,34-46,48,50-51H2,1-2H3,(H,55,58)/b7-5-,12-11-,15-14-,18-17-,21-20-,24-23-,27-26-,30-29-,33-32-,49-47+. The van der Waals surface area contributed by atoms with Crippen LogP contribution in [0.5, 0.6) is 0 Å². The Labute approximate surface area is 358 Å². The van der Waals surface area contributed by atoms with E-state index >= 15 is 0 Å². The number of nitrogens with one attached hydrogen (secondary N) is 1. The number of carbonyl (C=O) groups excluding carboxylic acids is 1. The molecule has 0 aromatic rings. The predicted octanol–water partition coefficient (Wildman–Crippen LogP) is 15.3. The fourth-order valence-corrected chi connectivity index (χ4v) is 6.34. The fourth-order valence-electron chi connectivity index (χ4n) is 6.34. The van der Waals surface area contributed by atoms with Crippen LogP contribution in [0.3, 0.4) is 0 Å². The number of hydrogen-bond acceptors (Lipinski definition) is 3. The molecule has 2 atom stereocenters. The van der Waals surface area contributed by atoms with Crippen molar-refractivity contribution < 1.29 is 15.0 Å². The van der Waals surface area contributed by atoms with Gasteiger partial charge in [-0.15, -0.1) is 0 Å². The van der Waals surface area contributed by atoms with Crippen molar-refractivity contribution in [3.05, 3.63) is 122 Å². The summed E-state index contributed by atoms with van der Waals surface area (Å²) >= 11 is 0. The van der Waals surface area contributed by atoms with Crippen molar-refractivity contribution in [3.63, 3.8) is 0 Å². The molecule has 0 spiro atoms. The summed E-state index contributed by atoms with van der Waals surface area (Å²) in [6.07, 6.45) is 74.8. The minimum atomic E-state index is -0.843. The second-order valence-electron chi connectivity index (χ2n) is 15.4. The zero-order valence-electron chi connectivity index (χ0n) is 37.5. The topological polar surface area (TPSA) is 69.6 Å². The molecule has 4 heteroatoms. The average Bonchev–Trinajstić information content (AvgIpc) is 3.23. The van der Waals surface area contributed by atoms with E-state index in [1.54, 1.807) is 6.08 Å². The molecule has 4 nitrogen and oxygen atoms in total. The van der Waals surface area contributed by atoms with Crippen molar-refractivity contribution in [1.29, 1.82) is 0 Å². The zero-order chi connectivity index (χ0) is 42.1. The average molecular weight is 800 g/mol. The lowest BCUT2D eigenvalue weighted by atomic mass is 10.0. The van der Waals surface area contributed by atoms with Crippen LogP contribution in [0.4, 0.5) is 0 Å². The minimum Gasteiger partial charge on any atom is -0.394 e. The van der Waals surface area contributed by atoms with Crippen molar-refractivity contribution in [2.24, 2.45) is 0 Å². The summed E-state index contributed by atoms with van der Waals surface area (Å²) in [6.45, 7) is 4.12. The van der Waals surface area contributed by atoms with Gasteiger partial charge in [-0.05, 0) is 89.9 Å². The molecule has 2 unspecified atom stereocenters. The molecule has 0 fully saturated rings. The van der Waals surface area contributed by atoms with E-state index in [9.17, 15) is 15.0 Å². The molecule has 328 valence electrons. The number of hydrogen-bond donors (Lipinski definition) is 3. The molecular formula is C54H89NO3. The van der Waals surface area contributed by atoms with Crippen molar-refractivity contribution in [1.82, 2.24) is 5.32 Å². The quantitative estimate of drug-likeness (QED) is 0.0426. The third-order valence-corrected chi connectivity index (χ3v) is 9.95. The van der Waals surface area contributed by atoms with E-state index in [1.165, 1.54) is 89.9 Å². The Morgan fingerprint density at radius 1 is 0.431 bits per heavy atom. The zero-order valence-corrected chi connectivity index (χ0v) is 37.5. The van der Waals surface area contributed by atoms with Gasteiger partial charge >= 0.3 is 0 Å². The van der Waals surface area contributed by atoms with E-state index in [4.69, 9.17) is 0 Å². The molecule has 0 aromatic carbocycles. The second-order valence-corrected chi connectivity index (χ2v) is 15.4. The number of unbranched alkanes of at least 4 members (excludes halogenated alkanes) is 16. The van der Waals surface area contributed by atoms with Crippen LogP contribution in [0, 0.1) is 0 Å². The largest absolute Gasteiger partial charge is 0.394 e. The SMILES string of the molecule is CC/C=C\C/C=C\C/C=C\C/C=C\C/C=C\C/C=C\C/C=C\C/C=C\C/C=C\CCCCCCCCCCCCCC(=O)NC(CO)C(O)/C=C/CCCCCCC. The van der Waals surface area contributed by atoms with Gasteiger partial charge in [-0.25, -0.2) is 0 Å². The lowest BCUT2D eigenvalue weighted by Crippen LogP contribution is -2.45. The monoisotopic (exact) mass is 800 g/mol. The first-order valence-corrected chi connectivity index (χ1v) is 23.7. The first kappa shape index (κ1) is 54.8. The molecular weight excluding hydrogens is 711 g/mol. The Morgan fingerprint density at radius 3 is 1.14 bits per heavy atom. The molecule has 0 radical (unpaired) electrons. The van der Waals surface area contributed by atoms with Crippen LogP contribution in [0.2, 0.25) is 0 Å². The molecule has 3 N–H and O–H groups in total. The first-order chi connectivity index (χ1) is 28.7. The summed E-state index contributed by atoms with van der Waals surface area (Å²) < 4.78 is 0. The summed E-state index contributed by atoms with van der Waals surface area (Å²) in [4.78, 5) is 12.3. The van der Waals surface area contributed by atoms with Gasteiger partial charge in [-0.2, -0.15) is 0 Å². The van der Waals surface area contributed by atoms with Gasteiger partial charge in [0.05, 0.1) is 18.8 Å². The minimum absolute atomic E-state index is 0.0780. The second kappa shape index (κ2) is 48.2. The molecule has 0 aliphatic carbocycles. The van der Waals surface area contributed by atoms with Gasteiger partial charge in [0.1, 0.15) is 0 Å². The van der Waals surface area contributed by atoms with Crippen molar-refractivity contribution >= 4 is 5.91 Å². The molecule has 1 amide bonds. The summed E-state index contributed by atoms with van der Waals surface area (Å²) in [5, 5.41) is 22.8. The maximum Gasteiger partial charge on any atom is 0.220 e. The summed E-state index contributed by atoms with van der Waals surface area (Å²) in [7, 11) is 0. The molecule has 0 aliphatic rings. The highest BCUT2D eigenvalue weighted by molar-refractivity contribution is 5.76. The van der Waals surface area contributed by atoms with Gasteiger partial charge in [-0.3, -0.25) is 4.79 Å². The third kappa shape index (κ3) is 43.9. The highest BCUT2D eigenvalue weighted by Gasteiger charge is 2.17. The molecule has 0 saturated carbocycles. The number of rotatable bonds is 41. The van der Waals surface area contributed by atoms with Crippen LogP contribution in [-0.2, 0) is 4.79 Å². The molecule has 0 bridgehead atoms. The fraction of sp³-hybridized carbons (Fsp3) is 0.611. The van der Waals surface area contributed by atoms with Gasteiger partial charge in [0.2, 0.25) is 5.91 Å². The van der Waals surface area contributed by atoms with Gasteiger partial charge in [-0.1, -0.05) is 219 Å². The Bertz CT molecular complexity index is 1180. The number of amides is 1. The first-order valence-electron chi connectivity index (χ1n) is 23.7. The molecule has 0 saturated heterocycles. The van der Waals surface area contributed by atoms with E-state index in [0.29, 0.717) is 6.42 Å². The molecule has 0 aliphatic heterocycles. The Morgan fingerprint density at radius 2 is 0.759 bits per heavy atom. The van der Waals surface area contributed by atoms with Gasteiger partial charge in [0.15, 0.2) is 0 Å². The van der Waals surface area contributed by atoms with Crippen LogP contribution in [0.1, 0.15) is 194 Å². The summed E-state index contributed by atoms with van der Waals surface area (Å²) in [5.74, 6) is -0.0780. The molecule has 0 rings (SSSR count). The Kier molecular flexibility index (Phi) is 45.5. The molecule has 0 heterocycles. The number of aliphatic hydroxyl groups is 2. The highest BCUT2D eigenvalue weighted by Crippen LogP contribution is 2.13. The van der Waals surface area contributed by atoms with Crippen LogP contribution >= 0.6 is 0 Å². The van der Waals surface area contributed by atoms with E-state index in [1.807, 2.05) is 6.08 Å². The maximum absolute atomic E-state index is 12.3. The van der Waals surface area contributed by atoms with Gasteiger partial charge in [0.25, 0.3) is 0 Å². The van der Waals surface area contributed by atoms with Crippen LogP contribution in [-0.4, -0.2) is 34.9 Å². The molecule has 0 aromatic heterocycles. The Hall–Kier alpha value is -3.21. The summed E-state index contributed by atoms with van der Waals surface area (Å²) in [6, 6.07) is -0.627. The van der Waals surface area contributed by atoms with Gasteiger partial charge in [0, 0.05) is 6.42 Å². The van der Waals surface area contributed by atoms with E-state index in [0.717, 1.165) is 83.5 Å². The van der Waals surface area contributed by atoms with Crippen LogP contribution in [0.25, 0.3) is 0 Å². The highest BCUT2D eigenvalue weighted by atomic mass is 16.3. The predicted molar refractivity (Wildman–Crippen MR) is 257 cm³/mol. The Balaban J connectivity index is 3.58. The molecule has 58 heavy (non-hydrogen) atoms. The lowest BCUT2D eigenvalue weighted by molar-refractivity contribution is -0.123. The van der Waals surface area contributed by atoms with Crippen molar-refractivity contribution in [2.45, 2.75) is 206 Å². The lowest BCUT2D eigenvalue weighted by Gasteiger charge is -2.20. The number of allylic oxidation sites excluding steroid dienone is 19. The van der Waals surface area contributed by atoms with Crippen molar-refractivity contribution in [3.8, 4) is 0 Å². The summed E-state index contributed by atoms with van der Waals surface area (Å²) in [5.41, 5.74) is 0. The van der Waals surface area contributed by atoms with Crippen molar-refractivity contribution in [2.75, 3.05) is 6.61 Å². The smallest absolute Gasteiger partial charge is 0.220 e. The van der Waals surface area contributed by atoms with E-state index < -0.39 is 12.1 Å². The maximum atomic E-state index is 12.3. The number of aliphatic hydroxyl groups excluding tert-OH is 2. The van der Waals surface area contributed by atoms with Crippen LogP contribution in [0.15, 0.2) is 122 Å². The third-order valence-electron chi connectivity index (χ3n) is 9.95.